The first-order chi connectivity index (χ1) is 3.41. The lowest BCUT2D eigenvalue weighted by Gasteiger charge is -1.84. The van der Waals surface area contributed by atoms with Gasteiger partial charge in [-0.1, -0.05) is 12.6 Å². The fourth-order valence-electron chi connectivity index (χ4n) is 0.269. The molecule has 0 atom stereocenters. The average Bonchev–Trinajstić information content (AvgIpc) is 1.69. The fourth-order valence-corrected chi connectivity index (χ4v) is 0.435. The molecular formula is C6H8S. The molecule has 0 aliphatic heterocycles. The van der Waals surface area contributed by atoms with Gasteiger partial charge in [-0.15, -0.1) is 12.3 Å². The summed E-state index contributed by atoms with van der Waals surface area (Å²) < 4.78 is 0. The van der Waals surface area contributed by atoms with Crippen molar-refractivity contribution in [1.29, 1.82) is 0 Å². The Morgan fingerprint density at radius 2 is 2.43 bits per heavy atom. The molecule has 0 unspecified atom stereocenters. The van der Waals surface area contributed by atoms with Crippen LogP contribution in [-0.4, -0.2) is 5.75 Å². The largest absolute Gasteiger partial charge is 0.120 e. The van der Waals surface area contributed by atoms with Crippen molar-refractivity contribution >= 4 is 12.6 Å². The van der Waals surface area contributed by atoms with E-state index < -0.39 is 0 Å². The first kappa shape index (κ1) is 6.91. The Labute approximate surface area is 50.7 Å². The van der Waals surface area contributed by atoms with Gasteiger partial charge >= 0.3 is 0 Å². The van der Waals surface area contributed by atoms with Crippen molar-refractivity contribution in [3.05, 3.63) is 6.42 Å². The predicted molar refractivity (Wildman–Crippen MR) is 34.8 cm³/mol. The van der Waals surface area contributed by atoms with Gasteiger partial charge in [0.05, 0.1) is 0 Å². The van der Waals surface area contributed by atoms with Gasteiger partial charge in [-0.25, -0.2) is 0 Å². The number of hydrogen-bond acceptors (Lipinski definition) is 0. The predicted octanol–water partition coefficient (Wildman–Crippen LogP) is 1.80. The zero-order valence-corrected chi connectivity index (χ0v) is 5.00. The van der Waals surface area contributed by atoms with Crippen LogP contribution in [0.2, 0.25) is 0 Å². The van der Waals surface area contributed by atoms with E-state index in [0.29, 0.717) is 0 Å². The summed E-state index contributed by atoms with van der Waals surface area (Å²) in [6.45, 7) is 0. The molecule has 0 aliphatic rings. The van der Waals surface area contributed by atoms with E-state index in [-0.39, 0.29) is 0 Å². The number of hydrogen-bond donors (Lipinski definition) is 0. The van der Waals surface area contributed by atoms with Crippen LogP contribution in [0.5, 0.6) is 0 Å². The minimum absolute atomic E-state index is 0.724. The maximum Gasteiger partial charge on any atom is 0.00891 e. The molecule has 0 spiro atoms. The van der Waals surface area contributed by atoms with Crippen LogP contribution in [0.25, 0.3) is 0 Å². The Kier molecular flexibility index (Phi) is 5.83. The van der Waals surface area contributed by atoms with E-state index >= 15 is 0 Å². The SMILES string of the molecule is C#CCC[CH]C[S]. The second-order valence-electron chi connectivity index (χ2n) is 1.20. The van der Waals surface area contributed by atoms with Gasteiger partial charge in [0.2, 0.25) is 0 Å². The lowest BCUT2D eigenvalue weighted by molar-refractivity contribution is 1.00. The highest BCUT2D eigenvalue weighted by Gasteiger charge is 1.79. The molecule has 1 heteroatoms. The lowest BCUT2D eigenvalue weighted by Crippen LogP contribution is -1.74. The van der Waals surface area contributed by atoms with Crippen molar-refractivity contribution in [2.24, 2.45) is 0 Å². The fraction of sp³-hybridized carbons (Fsp3) is 0.500. The van der Waals surface area contributed by atoms with Gasteiger partial charge in [0.1, 0.15) is 0 Å². The van der Waals surface area contributed by atoms with Gasteiger partial charge in [0.25, 0.3) is 0 Å². The molecule has 0 aromatic heterocycles. The van der Waals surface area contributed by atoms with E-state index in [4.69, 9.17) is 6.42 Å². The summed E-state index contributed by atoms with van der Waals surface area (Å²) in [5.41, 5.74) is 0. The minimum atomic E-state index is 0.724. The number of terminal acetylenes is 1. The van der Waals surface area contributed by atoms with Gasteiger partial charge in [0.15, 0.2) is 0 Å². The van der Waals surface area contributed by atoms with Gasteiger partial charge in [0, 0.05) is 12.2 Å². The van der Waals surface area contributed by atoms with Crippen molar-refractivity contribution in [1.82, 2.24) is 0 Å². The van der Waals surface area contributed by atoms with Crippen LogP contribution >= 0.6 is 12.6 Å². The molecule has 0 aromatic rings. The van der Waals surface area contributed by atoms with E-state index in [1.807, 2.05) is 6.42 Å². The molecular weight excluding hydrogens is 104 g/mol. The molecule has 0 fully saturated rings. The molecule has 38 valence electrons. The quantitative estimate of drug-likeness (QED) is 0.386. The molecule has 0 aliphatic carbocycles. The molecule has 0 saturated heterocycles. The summed E-state index contributed by atoms with van der Waals surface area (Å²) in [6, 6.07) is 0. The van der Waals surface area contributed by atoms with Crippen molar-refractivity contribution in [3.8, 4) is 12.3 Å². The van der Waals surface area contributed by atoms with Crippen LogP contribution in [0.15, 0.2) is 0 Å². The van der Waals surface area contributed by atoms with E-state index in [1.54, 1.807) is 0 Å². The van der Waals surface area contributed by atoms with Crippen LogP contribution in [0.1, 0.15) is 12.8 Å². The standard InChI is InChI=1S/C6H8S/c1-2-3-4-5-6-7/h1,5H,3-4,6H2. The summed E-state index contributed by atoms with van der Waals surface area (Å²) in [4.78, 5) is 0. The Balaban J connectivity index is 2.60. The zero-order chi connectivity index (χ0) is 5.54. The lowest BCUT2D eigenvalue weighted by atomic mass is 10.3. The Hall–Kier alpha value is -0.0900. The van der Waals surface area contributed by atoms with Gasteiger partial charge in [-0.2, -0.15) is 0 Å². The molecule has 0 N–H and O–H groups in total. The van der Waals surface area contributed by atoms with Crippen LogP contribution < -0.4 is 0 Å². The van der Waals surface area contributed by atoms with Gasteiger partial charge < -0.3 is 0 Å². The summed E-state index contributed by atoms with van der Waals surface area (Å²) in [5, 5.41) is 0. The first-order valence-corrected chi connectivity index (χ1v) is 2.82. The molecule has 0 amide bonds. The highest BCUT2D eigenvalue weighted by atomic mass is 32.1. The molecule has 0 nitrogen and oxygen atoms in total. The third kappa shape index (κ3) is 5.91. The van der Waals surface area contributed by atoms with Crippen LogP contribution in [-0.2, 0) is 0 Å². The Bertz CT molecular complexity index is 61.1. The number of unbranched alkanes of at least 4 members (excludes halogenated alkanes) is 2. The van der Waals surface area contributed by atoms with Gasteiger partial charge in [-0.05, 0) is 12.8 Å². The summed E-state index contributed by atoms with van der Waals surface area (Å²) >= 11 is 4.64. The first-order valence-electron chi connectivity index (χ1n) is 2.25. The zero-order valence-electron chi connectivity index (χ0n) is 4.18. The highest BCUT2D eigenvalue weighted by Crippen LogP contribution is 1.92. The summed E-state index contributed by atoms with van der Waals surface area (Å²) in [6.07, 6.45) is 8.78. The third-order valence-corrected chi connectivity index (χ3v) is 0.846. The van der Waals surface area contributed by atoms with Crippen molar-refractivity contribution in [3.63, 3.8) is 0 Å². The van der Waals surface area contributed by atoms with E-state index in [0.717, 1.165) is 18.6 Å². The smallest absolute Gasteiger partial charge is 0.00891 e. The minimum Gasteiger partial charge on any atom is -0.120 e. The summed E-state index contributed by atoms with van der Waals surface area (Å²) in [5.74, 6) is 3.25. The van der Waals surface area contributed by atoms with Crippen LogP contribution in [0.4, 0.5) is 0 Å². The van der Waals surface area contributed by atoms with Crippen molar-refractivity contribution in [2.75, 3.05) is 5.75 Å². The Morgan fingerprint density at radius 1 is 1.71 bits per heavy atom. The highest BCUT2D eigenvalue weighted by molar-refractivity contribution is 7.80. The molecule has 0 heterocycles. The maximum absolute atomic E-state index is 4.97. The molecule has 0 saturated carbocycles. The third-order valence-electron chi connectivity index (χ3n) is 0.611. The molecule has 7 heavy (non-hydrogen) atoms. The normalized spacial score (nSPS) is 8.00. The van der Waals surface area contributed by atoms with E-state index in [2.05, 4.69) is 18.5 Å². The molecule has 0 aromatic carbocycles. The molecule has 2 radical (unpaired) electrons. The Morgan fingerprint density at radius 3 is 2.86 bits per heavy atom. The molecule has 0 rings (SSSR count). The second kappa shape index (κ2) is 5.91. The van der Waals surface area contributed by atoms with Crippen LogP contribution in [0.3, 0.4) is 0 Å². The van der Waals surface area contributed by atoms with E-state index in [9.17, 15) is 0 Å². The molecule has 0 bridgehead atoms. The van der Waals surface area contributed by atoms with Crippen molar-refractivity contribution < 1.29 is 0 Å². The monoisotopic (exact) mass is 112 g/mol. The number of rotatable bonds is 3. The van der Waals surface area contributed by atoms with E-state index in [1.165, 1.54) is 0 Å². The summed E-state index contributed by atoms with van der Waals surface area (Å²) in [7, 11) is 0. The maximum atomic E-state index is 4.97. The second-order valence-corrected chi connectivity index (χ2v) is 1.53. The van der Waals surface area contributed by atoms with Gasteiger partial charge in [-0.3, -0.25) is 0 Å². The average molecular weight is 112 g/mol. The van der Waals surface area contributed by atoms with Crippen LogP contribution in [0, 0.1) is 18.8 Å². The van der Waals surface area contributed by atoms with Crippen molar-refractivity contribution in [2.45, 2.75) is 12.8 Å². The topological polar surface area (TPSA) is 0 Å².